The summed E-state index contributed by atoms with van der Waals surface area (Å²) in [6.45, 7) is 7.82. The van der Waals surface area contributed by atoms with E-state index in [0.717, 1.165) is 19.4 Å². The van der Waals surface area contributed by atoms with Gasteiger partial charge in [-0.05, 0) is 39.2 Å². The lowest BCUT2D eigenvalue weighted by molar-refractivity contribution is 0.142. The lowest BCUT2D eigenvalue weighted by Crippen LogP contribution is -1.96. The van der Waals surface area contributed by atoms with E-state index in [2.05, 4.69) is 45.1 Å². The largest absolute Gasteiger partial charge is 0.372 e. The van der Waals surface area contributed by atoms with Gasteiger partial charge in [-0.25, -0.2) is 0 Å². The molecule has 0 aliphatic rings. The molecule has 0 fully saturated rings. The van der Waals surface area contributed by atoms with Crippen molar-refractivity contribution in [3.05, 3.63) is 59.2 Å². The van der Waals surface area contributed by atoms with Crippen LogP contribution in [-0.2, 0) is 11.3 Å². The van der Waals surface area contributed by atoms with E-state index in [9.17, 15) is 0 Å². The maximum atomic E-state index is 5.68. The van der Waals surface area contributed by atoms with Crippen LogP contribution in [0.3, 0.4) is 0 Å². The second-order valence-corrected chi connectivity index (χ2v) is 4.70. The van der Waals surface area contributed by atoms with Gasteiger partial charge in [0.25, 0.3) is 0 Å². The molecule has 0 heterocycles. The Balaban J connectivity index is 2.20. The second-order valence-electron chi connectivity index (χ2n) is 4.70. The number of allylic oxidation sites excluding steroid dienone is 3. The SMILES string of the molecule is CC=C(C)CCC=C(C)COCc1ccccc1. The Morgan fingerprint density at radius 1 is 1.11 bits per heavy atom. The first-order valence-corrected chi connectivity index (χ1v) is 6.61. The van der Waals surface area contributed by atoms with Crippen molar-refractivity contribution in [2.75, 3.05) is 6.61 Å². The number of hydrogen-bond donors (Lipinski definition) is 0. The molecule has 1 aromatic rings. The molecule has 0 aliphatic carbocycles. The lowest BCUT2D eigenvalue weighted by atomic mass is 10.1. The number of rotatable bonds is 7. The van der Waals surface area contributed by atoms with Gasteiger partial charge in [0.15, 0.2) is 0 Å². The van der Waals surface area contributed by atoms with Crippen molar-refractivity contribution in [2.45, 2.75) is 40.2 Å². The quantitative estimate of drug-likeness (QED) is 0.620. The maximum Gasteiger partial charge on any atom is 0.0721 e. The fraction of sp³-hybridized carbons (Fsp3) is 0.412. The summed E-state index contributed by atoms with van der Waals surface area (Å²) in [7, 11) is 0. The highest BCUT2D eigenvalue weighted by atomic mass is 16.5. The van der Waals surface area contributed by atoms with Crippen LogP contribution >= 0.6 is 0 Å². The van der Waals surface area contributed by atoms with Crippen molar-refractivity contribution in [1.82, 2.24) is 0 Å². The zero-order valence-corrected chi connectivity index (χ0v) is 11.8. The van der Waals surface area contributed by atoms with Gasteiger partial charge in [0.05, 0.1) is 13.2 Å². The van der Waals surface area contributed by atoms with E-state index < -0.39 is 0 Å². The highest BCUT2D eigenvalue weighted by Gasteiger charge is 1.94. The van der Waals surface area contributed by atoms with E-state index in [-0.39, 0.29) is 0 Å². The average Bonchev–Trinajstić information content (AvgIpc) is 2.39. The van der Waals surface area contributed by atoms with Crippen LogP contribution in [0.5, 0.6) is 0 Å². The molecule has 98 valence electrons. The third-order valence-corrected chi connectivity index (χ3v) is 2.97. The minimum absolute atomic E-state index is 0.694. The van der Waals surface area contributed by atoms with E-state index in [1.54, 1.807) is 0 Å². The van der Waals surface area contributed by atoms with Crippen molar-refractivity contribution in [2.24, 2.45) is 0 Å². The molecule has 0 aliphatic heterocycles. The minimum Gasteiger partial charge on any atom is -0.372 e. The summed E-state index contributed by atoms with van der Waals surface area (Å²) in [4.78, 5) is 0. The summed E-state index contributed by atoms with van der Waals surface area (Å²) >= 11 is 0. The van der Waals surface area contributed by atoms with Gasteiger partial charge in [-0.15, -0.1) is 0 Å². The summed E-state index contributed by atoms with van der Waals surface area (Å²) in [6, 6.07) is 10.3. The van der Waals surface area contributed by atoms with E-state index in [1.807, 2.05) is 18.2 Å². The Morgan fingerprint density at radius 3 is 2.50 bits per heavy atom. The van der Waals surface area contributed by atoms with E-state index in [0.29, 0.717) is 6.61 Å². The highest BCUT2D eigenvalue weighted by Crippen LogP contribution is 2.07. The molecular weight excluding hydrogens is 220 g/mol. The number of ether oxygens (including phenoxy) is 1. The Bertz CT molecular complexity index is 387. The number of benzene rings is 1. The van der Waals surface area contributed by atoms with Crippen LogP contribution in [0.15, 0.2) is 53.6 Å². The van der Waals surface area contributed by atoms with Crippen molar-refractivity contribution in [1.29, 1.82) is 0 Å². The minimum atomic E-state index is 0.694. The smallest absolute Gasteiger partial charge is 0.0721 e. The summed E-state index contributed by atoms with van der Waals surface area (Å²) in [5.74, 6) is 0. The van der Waals surface area contributed by atoms with Crippen molar-refractivity contribution >= 4 is 0 Å². The zero-order valence-electron chi connectivity index (χ0n) is 11.8. The van der Waals surface area contributed by atoms with Crippen molar-refractivity contribution in [3.63, 3.8) is 0 Å². The van der Waals surface area contributed by atoms with Gasteiger partial charge in [-0.2, -0.15) is 0 Å². The van der Waals surface area contributed by atoms with Crippen LogP contribution in [-0.4, -0.2) is 6.61 Å². The second kappa shape index (κ2) is 8.71. The molecule has 1 heteroatoms. The predicted octanol–water partition coefficient (Wildman–Crippen LogP) is 4.90. The van der Waals surface area contributed by atoms with Crippen LogP contribution in [0.4, 0.5) is 0 Å². The topological polar surface area (TPSA) is 9.23 Å². The molecule has 0 amide bonds. The average molecular weight is 244 g/mol. The zero-order chi connectivity index (χ0) is 13.2. The molecule has 1 aromatic carbocycles. The molecule has 0 aromatic heterocycles. The molecule has 0 spiro atoms. The van der Waals surface area contributed by atoms with Crippen molar-refractivity contribution < 1.29 is 4.74 Å². The Hall–Kier alpha value is -1.34. The van der Waals surface area contributed by atoms with Crippen LogP contribution < -0.4 is 0 Å². The molecule has 1 rings (SSSR count). The first-order chi connectivity index (χ1) is 8.72. The summed E-state index contributed by atoms with van der Waals surface area (Å²) in [5, 5.41) is 0. The summed E-state index contributed by atoms with van der Waals surface area (Å²) < 4.78 is 5.68. The third-order valence-electron chi connectivity index (χ3n) is 2.97. The molecule has 0 unspecified atom stereocenters. The van der Waals surface area contributed by atoms with E-state index in [1.165, 1.54) is 16.7 Å². The Labute approximate surface area is 111 Å². The standard InChI is InChI=1S/C17H24O/c1-4-15(2)9-8-10-16(3)13-18-14-17-11-6-5-7-12-17/h4-7,10-12H,8-9,13-14H2,1-3H3. The molecule has 0 atom stereocenters. The van der Waals surface area contributed by atoms with Crippen LogP contribution in [0, 0.1) is 0 Å². The molecule has 0 saturated carbocycles. The molecule has 1 nitrogen and oxygen atoms in total. The van der Waals surface area contributed by atoms with Crippen LogP contribution in [0.2, 0.25) is 0 Å². The maximum absolute atomic E-state index is 5.68. The van der Waals surface area contributed by atoms with Gasteiger partial charge in [0.1, 0.15) is 0 Å². The first-order valence-electron chi connectivity index (χ1n) is 6.61. The monoisotopic (exact) mass is 244 g/mol. The first kappa shape index (κ1) is 14.7. The Kier molecular flexibility index (Phi) is 7.12. The van der Waals surface area contributed by atoms with Crippen LogP contribution in [0.1, 0.15) is 39.2 Å². The Morgan fingerprint density at radius 2 is 1.83 bits per heavy atom. The van der Waals surface area contributed by atoms with E-state index in [4.69, 9.17) is 4.74 Å². The lowest BCUT2D eigenvalue weighted by Gasteiger charge is -2.05. The van der Waals surface area contributed by atoms with Gasteiger partial charge in [0, 0.05) is 0 Å². The summed E-state index contributed by atoms with van der Waals surface area (Å²) in [5.41, 5.74) is 3.99. The molecular formula is C17H24O. The normalized spacial score (nSPS) is 12.8. The van der Waals surface area contributed by atoms with E-state index >= 15 is 0 Å². The third kappa shape index (κ3) is 6.41. The van der Waals surface area contributed by atoms with Gasteiger partial charge < -0.3 is 4.74 Å². The van der Waals surface area contributed by atoms with Gasteiger partial charge in [-0.1, -0.05) is 53.6 Å². The van der Waals surface area contributed by atoms with Crippen molar-refractivity contribution in [3.8, 4) is 0 Å². The summed E-state index contributed by atoms with van der Waals surface area (Å²) in [6.07, 6.45) is 6.70. The fourth-order valence-electron chi connectivity index (χ4n) is 1.65. The molecule has 0 bridgehead atoms. The molecule has 0 N–H and O–H groups in total. The molecule has 0 radical (unpaired) electrons. The van der Waals surface area contributed by atoms with Gasteiger partial charge in [0.2, 0.25) is 0 Å². The fourth-order valence-corrected chi connectivity index (χ4v) is 1.65. The number of hydrogen-bond acceptors (Lipinski definition) is 1. The van der Waals surface area contributed by atoms with Gasteiger partial charge in [-0.3, -0.25) is 0 Å². The molecule has 0 saturated heterocycles. The molecule has 18 heavy (non-hydrogen) atoms. The van der Waals surface area contributed by atoms with Gasteiger partial charge >= 0.3 is 0 Å². The predicted molar refractivity (Wildman–Crippen MR) is 78.5 cm³/mol. The van der Waals surface area contributed by atoms with Crippen LogP contribution in [0.25, 0.3) is 0 Å². The highest BCUT2D eigenvalue weighted by molar-refractivity contribution is 5.13.